The van der Waals surface area contributed by atoms with Crippen molar-refractivity contribution in [2.24, 2.45) is 0 Å². The Balaban J connectivity index is 1.71. The molecule has 1 aliphatic rings. The number of aliphatic hydroxyl groups is 1. The zero-order chi connectivity index (χ0) is 24.9. The second-order valence-electron chi connectivity index (χ2n) is 8.27. The van der Waals surface area contributed by atoms with E-state index in [4.69, 9.17) is 23.2 Å². The summed E-state index contributed by atoms with van der Waals surface area (Å²) in [6.45, 7) is 0. The van der Waals surface area contributed by atoms with Crippen molar-refractivity contribution in [1.29, 1.82) is 0 Å². The van der Waals surface area contributed by atoms with Crippen molar-refractivity contribution >= 4 is 73.0 Å². The van der Waals surface area contributed by atoms with Crippen LogP contribution in [0.5, 0.6) is 0 Å². The monoisotopic (exact) mass is 523 g/mol. The lowest BCUT2D eigenvalue weighted by Gasteiger charge is -2.23. The minimum atomic E-state index is -0.863. The fraction of sp³-hybridized carbons (Fsp3) is 0.115. The van der Waals surface area contributed by atoms with Gasteiger partial charge in [0.25, 0.3) is 5.78 Å². The van der Waals surface area contributed by atoms with Gasteiger partial charge in [-0.25, -0.2) is 4.98 Å². The Kier molecular flexibility index (Phi) is 6.01. The third-order valence-corrected chi connectivity index (χ3v) is 7.34. The van der Waals surface area contributed by atoms with Crippen LogP contribution in [-0.2, 0) is 9.59 Å². The number of rotatable bonds is 4. The highest BCUT2D eigenvalue weighted by Crippen LogP contribution is 2.44. The molecule has 0 aliphatic carbocycles. The van der Waals surface area contributed by atoms with E-state index in [2.05, 4.69) is 4.98 Å². The first-order chi connectivity index (χ1) is 16.7. The predicted octanol–water partition coefficient (Wildman–Crippen LogP) is 6.30. The molecule has 1 saturated heterocycles. The third kappa shape index (κ3) is 4.16. The first-order valence-electron chi connectivity index (χ1n) is 10.6. The van der Waals surface area contributed by atoms with Crippen LogP contribution in [0.25, 0.3) is 16.0 Å². The molecule has 0 saturated carbocycles. The molecule has 0 bridgehead atoms. The lowest BCUT2D eigenvalue weighted by molar-refractivity contribution is -0.132. The molecule has 0 radical (unpaired) electrons. The summed E-state index contributed by atoms with van der Waals surface area (Å²) < 4.78 is 0.786. The van der Waals surface area contributed by atoms with Crippen molar-refractivity contribution in [2.75, 3.05) is 23.9 Å². The highest BCUT2D eigenvalue weighted by Gasteiger charge is 2.48. The number of nitrogens with zero attached hydrogens (tertiary/aromatic N) is 3. The van der Waals surface area contributed by atoms with Gasteiger partial charge in [0.2, 0.25) is 0 Å². The Hall–Kier alpha value is -3.39. The van der Waals surface area contributed by atoms with Gasteiger partial charge >= 0.3 is 5.91 Å². The molecule has 176 valence electrons. The van der Waals surface area contributed by atoms with Crippen LogP contribution in [0.2, 0.25) is 10.0 Å². The number of hydrogen-bond acceptors (Lipinski definition) is 6. The molecule has 0 spiro atoms. The standard InChI is InChI=1S/C26H19Cl2N3O3S/c1-30(2)18-10-5-14(6-11-18)22-21(23(32)15-3-7-16(27)8-4-15)24(33)25(34)31(22)26-29-19-12-9-17(28)13-20(19)35-26/h3-13,22,32H,1-2H3/b23-21+. The van der Waals surface area contributed by atoms with E-state index in [0.29, 0.717) is 31.8 Å². The second kappa shape index (κ2) is 9.00. The first kappa shape index (κ1) is 23.4. The Morgan fingerprint density at radius 1 is 0.971 bits per heavy atom. The van der Waals surface area contributed by atoms with Gasteiger partial charge in [0, 0.05) is 35.4 Å². The number of fused-ring (bicyclic) bond motifs is 1. The number of amides is 1. The number of thiazole rings is 1. The number of carbonyl (C=O) groups excluding carboxylic acids is 2. The van der Waals surface area contributed by atoms with E-state index in [0.717, 1.165) is 10.4 Å². The minimum Gasteiger partial charge on any atom is -0.507 e. The fourth-order valence-corrected chi connectivity index (χ4v) is 5.45. The molecule has 35 heavy (non-hydrogen) atoms. The Bertz CT molecular complexity index is 1490. The summed E-state index contributed by atoms with van der Waals surface area (Å²) in [5.41, 5.74) is 2.67. The fourth-order valence-electron chi connectivity index (χ4n) is 4.05. The maximum absolute atomic E-state index is 13.4. The summed E-state index contributed by atoms with van der Waals surface area (Å²) in [6, 6.07) is 18.3. The Morgan fingerprint density at radius 2 is 1.63 bits per heavy atom. The highest BCUT2D eigenvalue weighted by molar-refractivity contribution is 7.22. The summed E-state index contributed by atoms with van der Waals surface area (Å²) in [6.07, 6.45) is 0. The van der Waals surface area contributed by atoms with E-state index in [1.165, 1.54) is 16.2 Å². The third-order valence-electron chi connectivity index (χ3n) is 5.83. The summed E-state index contributed by atoms with van der Waals surface area (Å²) in [5, 5.41) is 12.6. The summed E-state index contributed by atoms with van der Waals surface area (Å²) in [7, 11) is 3.85. The molecule has 3 aromatic carbocycles. The van der Waals surface area contributed by atoms with Gasteiger partial charge in [-0.05, 0) is 60.2 Å². The second-order valence-corrected chi connectivity index (χ2v) is 10.2. The van der Waals surface area contributed by atoms with Crippen molar-refractivity contribution in [1.82, 2.24) is 4.98 Å². The molecule has 4 aromatic rings. The first-order valence-corrected chi connectivity index (χ1v) is 12.2. The summed E-state index contributed by atoms with van der Waals surface area (Å²) in [4.78, 5) is 34.6. The number of aromatic nitrogens is 1. The van der Waals surface area contributed by atoms with Gasteiger partial charge in [-0.2, -0.15) is 0 Å². The number of Topliss-reactive ketones (excluding diaryl/α,β-unsaturated/α-hetero) is 1. The van der Waals surface area contributed by atoms with Crippen molar-refractivity contribution in [3.63, 3.8) is 0 Å². The lowest BCUT2D eigenvalue weighted by Crippen LogP contribution is -2.29. The predicted molar refractivity (Wildman–Crippen MR) is 142 cm³/mol. The molecule has 1 unspecified atom stereocenters. The SMILES string of the molecule is CN(C)c1ccc(C2/C(=C(\O)c3ccc(Cl)cc3)C(=O)C(=O)N2c2nc3ccc(Cl)cc3s2)cc1. The van der Waals surface area contributed by atoms with Crippen molar-refractivity contribution < 1.29 is 14.7 Å². The number of carbonyl (C=O) groups is 2. The number of aliphatic hydroxyl groups excluding tert-OH is 1. The van der Waals surface area contributed by atoms with Crippen LogP contribution in [0.1, 0.15) is 17.2 Å². The molecule has 1 fully saturated rings. The molecule has 9 heteroatoms. The molecule has 2 heterocycles. The molecule has 1 N–H and O–H groups in total. The average molecular weight is 524 g/mol. The van der Waals surface area contributed by atoms with Crippen LogP contribution in [0.3, 0.4) is 0 Å². The van der Waals surface area contributed by atoms with Crippen LogP contribution in [0, 0.1) is 0 Å². The van der Waals surface area contributed by atoms with Crippen LogP contribution >= 0.6 is 34.5 Å². The normalized spacial score (nSPS) is 17.4. The van der Waals surface area contributed by atoms with Crippen LogP contribution < -0.4 is 9.80 Å². The van der Waals surface area contributed by atoms with Gasteiger partial charge in [-0.15, -0.1) is 0 Å². The van der Waals surface area contributed by atoms with Crippen LogP contribution in [0.15, 0.2) is 72.3 Å². The van der Waals surface area contributed by atoms with Crippen LogP contribution in [0.4, 0.5) is 10.8 Å². The largest absolute Gasteiger partial charge is 0.507 e. The zero-order valence-electron chi connectivity index (χ0n) is 18.7. The van der Waals surface area contributed by atoms with E-state index in [1.807, 2.05) is 43.3 Å². The number of anilines is 2. The van der Waals surface area contributed by atoms with Gasteiger partial charge in [-0.3, -0.25) is 14.5 Å². The van der Waals surface area contributed by atoms with Crippen LogP contribution in [-0.4, -0.2) is 35.9 Å². The number of benzene rings is 3. The number of ketones is 1. The van der Waals surface area contributed by atoms with Crippen molar-refractivity contribution in [3.8, 4) is 0 Å². The van der Waals surface area contributed by atoms with Gasteiger partial charge in [-0.1, -0.05) is 46.7 Å². The van der Waals surface area contributed by atoms with E-state index in [-0.39, 0.29) is 11.3 Å². The molecule has 1 atom stereocenters. The van der Waals surface area contributed by atoms with E-state index in [9.17, 15) is 14.7 Å². The van der Waals surface area contributed by atoms with Gasteiger partial charge in [0.15, 0.2) is 5.13 Å². The van der Waals surface area contributed by atoms with Crippen molar-refractivity contribution in [3.05, 3.63) is 93.5 Å². The average Bonchev–Trinajstić information content (AvgIpc) is 3.37. The Labute approximate surface area is 215 Å². The van der Waals surface area contributed by atoms with Crippen molar-refractivity contribution in [2.45, 2.75) is 6.04 Å². The topological polar surface area (TPSA) is 73.7 Å². The minimum absolute atomic E-state index is 0.00721. The van der Waals surface area contributed by atoms with Gasteiger partial charge in [0.1, 0.15) is 5.76 Å². The Morgan fingerprint density at radius 3 is 2.29 bits per heavy atom. The van der Waals surface area contributed by atoms with E-state index >= 15 is 0 Å². The molecular weight excluding hydrogens is 505 g/mol. The van der Waals surface area contributed by atoms with E-state index in [1.54, 1.807) is 42.5 Å². The quantitative estimate of drug-likeness (QED) is 0.193. The molecule has 5 rings (SSSR count). The smallest absolute Gasteiger partial charge is 0.301 e. The molecule has 6 nitrogen and oxygen atoms in total. The molecular formula is C26H19Cl2N3O3S. The molecule has 1 amide bonds. The lowest BCUT2D eigenvalue weighted by atomic mass is 9.95. The number of hydrogen-bond donors (Lipinski definition) is 1. The van der Waals surface area contributed by atoms with Gasteiger partial charge in [0.05, 0.1) is 21.8 Å². The highest BCUT2D eigenvalue weighted by atomic mass is 35.5. The van der Waals surface area contributed by atoms with E-state index < -0.39 is 17.7 Å². The summed E-state index contributed by atoms with van der Waals surface area (Å²) in [5.74, 6) is -1.81. The maximum atomic E-state index is 13.4. The van der Waals surface area contributed by atoms with Gasteiger partial charge < -0.3 is 10.0 Å². The maximum Gasteiger partial charge on any atom is 0.301 e. The summed E-state index contributed by atoms with van der Waals surface area (Å²) >= 11 is 13.4. The molecule has 1 aromatic heterocycles. The number of halogens is 2. The zero-order valence-corrected chi connectivity index (χ0v) is 21.0. The molecule has 1 aliphatic heterocycles.